The Hall–Kier alpha value is -1.89. The number of imidazole rings is 1. The number of carbonyl (C=O) groups is 2. The van der Waals surface area contributed by atoms with Crippen LogP contribution >= 0.6 is 0 Å². The van der Waals surface area contributed by atoms with Crippen LogP contribution in [0.15, 0.2) is 12.5 Å². The van der Waals surface area contributed by atoms with Crippen LogP contribution in [0.4, 0.5) is 0 Å². The minimum absolute atomic E-state index is 0.00748. The Morgan fingerprint density at radius 1 is 1.36 bits per heavy atom. The Morgan fingerprint density at radius 3 is 2.68 bits per heavy atom. The highest BCUT2D eigenvalue weighted by atomic mass is 16.2. The molecule has 2 atom stereocenters. The van der Waals surface area contributed by atoms with Crippen molar-refractivity contribution in [1.82, 2.24) is 24.3 Å². The summed E-state index contributed by atoms with van der Waals surface area (Å²) in [6.45, 7) is 5.22. The molecule has 0 unspecified atom stereocenters. The van der Waals surface area contributed by atoms with Gasteiger partial charge in [0.1, 0.15) is 6.54 Å². The molecule has 3 heterocycles. The number of likely N-dealkylation sites (tertiary alicyclic amines) is 1. The lowest BCUT2D eigenvalue weighted by atomic mass is 9.92. The van der Waals surface area contributed by atoms with Crippen LogP contribution in [0.3, 0.4) is 0 Å². The molecule has 7 nitrogen and oxygen atoms in total. The van der Waals surface area contributed by atoms with Gasteiger partial charge in [-0.25, -0.2) is 4.98 Å². The minimum atomic E-state index is -0.117. The van der Waals surface area contributed by atoms with Crippen LogP contribution in [0.5, 0.6) is 0 Å². The van der Waals surface area contributed by atoms with Crippen LogP contribution in [-0.4, -0.2) is 76.0 Å². The molecule has 22 heavy (non-hydrogen) atoms. The Balaban J connectivity index is 1.80. The number of likely N-dealkylation sites (N-methyl/N-ethyl adjacent to an activating group) is 2. The van der Waals surface area contributed by atoms with E-state index in [-0.39, 0.29) is 30.2 Å². The van der Waals surface area contributed by atoms with E-state index in [1.807, 2.05) is 17.8 Å². The second kappa shape index (κ2) is 5.72. The quantitative estimate of drug-likeness (QED) is 0.770. The van der Waals surface area contributed by atoms with E-state index in [0.717, 1.165) is 25.3 Å². The van der Waals surface area contributed by atoms with Gasteiger partial charge < -0.3 is 19.3 Å². The molecule has 0 saturated carbocycles. The average Bonchev–Trinajstić information content (AvgIpc) is 3.18. The third-order valence-corrected chi connectivity index (χ3v) is 4.71. The van der Waals surface area contributed by atoms with E-state index in [0.29, 0.717) is 6.67 Å². The number of hydrogen-bond donors (Lipinski definition) is 0. The standard InChI is InChI=1S/C15H23N5O2/c1-4-19-5-11(13-7-17(2)9-16-13)12(6-19)15(22)20-8-14(21)18(3)10-20/h7,9,11-12H,4-6,8,10H2,1-3H3/t11-,12-/m1/s1. The van der Waals surface area contributed by atoms with Gasteiger partial charge in [-0.15, -0.1) is 0 Å². The number of carbonyl (C=O) groups excluding carboxylic acids is 2. The topological polar surface area (TPSA) is 61.7 Å². The zero-order valence-corrected chi connectivity index (χ0v) is 13.4. The fourth-order valence-electron chi connectivity index (χ4n) is 3.37. The smallest absolute Gasteiger partial charge is 0.243 e. The third kappa shape index (κ3) is 2.61. The maximum absolute atomic E-state index is 12.9. The van der Waals surface area contributed by atoms with Crippen molar-refractivity contribution in [3.05, 3.63) is 18.2 Å². The average molecular weight is 305 g/mol. The minimum Gasteiger partial charge on any atom is -0.340 e. The predicted molar refractivity (Wildman–Crippen MR) is 80.9 cm³/mol. The van der Waals surface area contributed by atoms with Crippen molar-refractivity contribution < 1.29 is 9.59 Å². The Morgan fingerprint density at radius 2 is 2.14 bits per heavy atom. The maximum Gasteiger partial charge on any atom is 0.243 e. The first-order valence-corrected chi connectivity index (χ1v) is 7.72. The van der Waals surface area contributed by atoms with Crippen molar-refractivity contribution in [2.45, 2.75) is 12.8 Å². The summed E-state index contributed by atoms with van der Waals surface area (Å²) in [7, 11) is 3.67. The van der Waals surface area contributed by atoms with Crippen LogP contribution < -0.4 is 0 Å². The van der Waals surface area contributed by atoms with Gasteiger partial charge in [0, 0.05) is 39.3 Å². The van der Waals surface area contributed by atoms with Gasteiger partial charge in [0.2, 0.25) is 11.8 Å². The second-order valence-corrected chi connectivity index (χ2v) is 6.30. The first kappa shape index (κ1) is 15.0. The van der Waals surface area contributed by atoms with Gasteiger partial charge in [-0.05, 0) is 6.54 Å². The Bertz CT molecular complexity index is 584. The molecule has 0 aliphatic carbocycles. The van der Waals surface area contributed by atoms with Crippen molar-refractivity contribution >= 4 is 11.8 Å². The summed E-state index contributed by atoms with van der Waals surface area (Å²) in [6.07, 6.45) is 3.77. The molecule has 3 rings (SSSR count). The molecule has 120 valence electrons. The highest BCUT2D eigenvalue weighted by molar-refractivity contribution is 5.89. The van der Waals surface area contributed by atoms with Crippen LogP contribution in [0, 0.1) is 5.92 Å². The first-order chi connectivity index (χ1) is 10.5. The number of nitrogens with zero attached hydrogens (tertiary/aromatic N) is 5. The van der Waals surface area contributed by atoms with Crippen molar-refractivity contribution in [1.29, 1.82) is 0 Å². The van der Waals surface area contributed by atoms with Crippen molar-refractivity contribution in [3.8, 4) is 0 Å². The van der Waals surface area contributed by atoms with Gasteiger partial charge in [-0.1, -0.05) is 6.92 Å². The summed E-state index contributed by atoms with van der Waals surface area (Å²) < 4.78 is 1.92. The van der Waals surface area contributed by atoms with E-state index in [1.165, 1.54) is 0 Å². The highest BCUT2D eigenvalue weighted by Gasteiger charge is 2.42. The molecule has 1 aromatic rings. The van der Waals surface area contributed by atoms with Crippen LogP contribution in [0.2, 0.25) is 0 Å². The molecular formula is C15H23N5O2. The zero-order valence-electron chi connectivity index (χ0n) is 13.4. The molecule has 2 amide bonds. The van der Waals surface area contributed by atoms with E-state index in [9.17, 15) is 9.59 Å². The SMILES string of the molecule is CCN1C[C@@H](C(=O)N2CC(=O)N(C)C2)[C@H](c2cn(C)cn2)C1. The van der Waals surface area contributed by atoms with E-state index < -0.39 is 0 Å². The predicted octanol–water partition coefficient (Wildman–Crippen LogP) is -0.286. The highest BCUT2D eigenvalue weighted by Crippen LogP contribution is 2.33. The van der Waals surface area contributed by atoms with Gasteiger partial charge in [-0.3, -0.25) is 9.59 Å². The number of rotatable bonds is 3. The number of aryl methyl sites for hydroxylation is 1. The van der Waals surface area contributed by atoms with Crippen molar-refractivity contribution in [2.75, 3.05) is 39.9 Å². The van der Waals surface area contributed by atoms with E-state index >= 15 is 0 Å². The Kier molecular flexibility index (Phi) is 3.90. The largest absolute Gasteiger partial charge is 0.340 e. The summed E-state index contributed by atoms with van der Waals surface area (Å²) >= 11 is 0. The normalized spacial score (nSPS) is 26.2. The molecule has 2 saturated heterocycles. The zero-order chi connectivity index (χ0) is 15.9. The number of hydrogen-bond acceptors (Lipinski definition) is 4. The maximum atomic E-state index is 12.9. The lowest BCUT2D eigenvalue weighted by Crippen LogP contribution is -2.38. The molecule has 2 aliphatic heterocycles. The van der Waals surface area contributed by atoms with Crippen molar-refractivity contribution in [2.24, 2.45) is 13.0 Å². The molecule has 0 radical (unpaired) electrons. The molecule has 0 aromatic carbocycles. The molecule has 0 N–H and O–H groups in total. The van der Waals surface area contributed by atoms with Gasteiger partial charge >= 0.3 is 0 Å². The summed E-state index contributed by atoms with van der Waals surface area (Å²) in [5.74, 6) is 0.0705. The van der Waals surface area contributed by atoms with Crippen LogP contribution in [-0.2, 0) is 16.6 Å². The lowest BCUT2D eigenvalue weighted by molar-refractivity contribution is -0.135. The molecule has 2 fully saturated rings. The van der Waals surface area contributed by atoms with E-state index in [2.05, 4.69) is 16.8 Å². The molecular weight excluding hydrogens is 282 g/mol. The van der Waals surface area contributed by atoms with Gasteiger partial charge in [0.25, 0.3) is 0 Å². The van der Waals surface area contributed by atoms with E-state index in [1.54, 1.807) is 23.2 Å². The molecule has 0 spiro atoms. The summed E-state index contributed by atoms with van der Waals surface area (Å²) in [5, 5.41) is 0. The summed E-state index contributed by atoms with van der Waals surface area (Å²) in [5.41, 5.74) is 0.968. The molecule has 1 aromatic heterocycles. The Labute approximate surface area is 130 Å². The van der Waals surface area contributed by atoms with E-state index in [4.69, 9.17) is 0 Å². The molecule has 0 bridgehead atoms. The van der Waals surface area contributed by atoms with Gasteiger partial charge in [0.15, 0.2) is 0 Å². The number of amides is 2. The monoisotopic (exact) mass is 305 g/mol. The summed E-state index contributed by atoms with van der Waals surface area (Å²) in [4.78, 5) is 34.6. The van der Waals surface area contributed by atoms with Gasteiger partial charge in [-0.2, -0.15) is 0 Å². The van der Waals surface area contributed by atoms with Crippen LogP contribution in [0.1, 0.15) is 18.5 Å². The van der Waals surface area contributed by atoms with Crippen molar-refractivity contribution in [3.63, 3.8) is 0 Å². The molecule has 2 aliphatic rings. The number of aromatic nitrogens is 2. The van der Waals surface area contributed by atoms with Gasteiger partial charge in [0.05, 0.1) is 24.6 Å². The fourth-order valence-corrected chi connectivity index (χ4v) is 3.37. The first-order valence-electron chi connectivity index (χ1n) is 7.72. The second-order valence-electron chi connectivity index (χ2n) is 6.30. The summed E-state index contributed by atoms with van der Waals surface area (Å²) in [6, 6.07) is 0. The molecule has 7 heteroatoms. The van der Waals surface area contributed by atoms with Crippen LogP contribution in [0.25, 0.3) is 0 Å². The third-order valence-electron chi connectivity index (χ3n) is 4.71. The fraction of sp³-hybridized carbons (Fsp3) is 0.667. The lowest BCUT2D eigenvalue weighted by Gasteiger charge is -2.22.